The minimum atomic E-state index is -1.40. The highest BCUT2D eigenvalue weighted by Gasteiger charge is 2.24. The first-order valence-corrected chi connectivity index (χ1v) is 9.11. The molecule has 2 N–H and O–H groups in total. The van der Waals surface area contributed by atoms with Gasteiger partial charge in [0.05, 0.1) is 13.2 Å². The van der Waals surface area contributed by atoms with E-state index in [0.29, 0.717) is 5.75 Å². The Hall–Kier alpha value is -3.09. The molecule has 1 aliphatic carbocycles. The molecule has 0 bridgehead atoms. The molecule has 1 fully saturated rings. The fourth-order valence-corrected chi connectivity index (χ4v) is 3.27. The monoisotopic (exact) mass is 387 g/mol. The largest absolute Gasteiger partial charge is 0.494 e. The van der Waals surface area contributed by atoms with Crippen LogP contribution in [0.15, 0.2) is 42.5 Å². The van der Waals surface area contributed by atoms with E-state index >= 15 is 0 Å². The molecule has 1 saturated carbocycles. The number of ether oxygens (including phenoxy) is 2. The van der Waals surface area contributed by atoms with E-state index in [0.717, 1.165) is 31.7 Å². The van der Waals surface area contributed by atoms with E-state index in [1.54, 1.807) is 24.3 Å². The Labute approximate surface area is 162 Å². The Morgan fingerprint density at radius 3 is 2.57 bits per heavy atom. The van der Waals surface area contributed by atoms with Crippen LogP contribution in [-0.2, 0) is 4.79 Å². The lowest BCUT2D eigenvalue weighted by atomic mass is 10.1. The maximum Gasteiger partial charge on any atom is 0.330 e. The van der Waals surface area contributed by atoms with Crippen LogP contribution in [0.5, 0.6) is 11.5 Å². The summed E-state index contributed by atoms with van der Waals surface area (Å²) < 4.78 is 24.7. The summed E-state index contributed by atoms with van der Waals surface area (Å²) in [6.45, 7) is 0. The summed E-state index contributed by atoms with van der Waals surface area (Å²) in [7, 11) is 1.31. The van der Waals surface area contributed by atoms with Crippen LogP contribution >= 0.6 is 0 Å². The first-order valence-electron chi connectivity index (χ1n) is 9.11. The lowest BCUT2D eigenvalue weighted by Crippen LogP contribution is -2.33. The number of carbonyl (C=O) groups excluding carboxylic acids is 1. The number of hydrogen-bond acceptors (Lipinski definition) is 4. The minimum Gasteiger partial charge on any atom is -0.494 e. The fourth-order valence-electron chi connectivity index (χ4n) is 3.27. The van der Waals surface area contributed by atoms with Crippen molar-refractivity contribution in [2.45, 2.75) is 37.8 Å². The number of benzene rings is 2. The van der Waals surface area contributed by atoms with Crippen LogP contribution in [0.3, 0.4) is 0 Å². The molecule has 2 aromatic rings. The number of rotatable bonds is 7. The van der Waals surface area contributed by atoms with E-state index < -0.39 is 23.7 Å². The van der Waals surface area contributed by atoms with Gasteiger partial charge in [-0.05, 0) is 61.6 Å². The summed E-state index contributed by atoms with van der Waals surface area (Å²) in [6.07, 6.45) is 4.38. The van der Waals surface area contributed by atoms with Gasteiger partial charge < -0.3 is 19.9 Å². The van der Waals surface area contributed by atoms with E-state index in [-0.39, 0.29) is 23.0 Å². The van der Waals surface area contributed by atoms with Crippen LogP contribution in [0.4, 0.5) is 4.39 Å². The van der Waals surface area contributed by atoms with Gasteiger partial charge in [0, 0.05) is 5.56 Å². The zero-order valence-electron chi connectivity index (χ0n) is 15.5. The SMILES string of the molecule is COc1ccc(C(NC(=O)c2cccc(OC3CCCC3)c2)C(=O)O)cc1F. The quantitative estimate of drug-likeness (QED) is 0.757. The smallest absolute Gasteiger partial charge is 0.330 e. The zero-order chi connectivity index (χ0) is 20.1. The van der Waals surface area contributed by atoms with Crippen molar-refractivity contribution in [1.29, 1.82) is 0 Å². The number of carbonyl (C=O) groups is 2. The van der Waals surface area contributed by atoms with Crippen LogP contribution in [-0.4, -0.2) is 30.2 Å². The van der Waals surface area contributed by atoms with Gasteiger partial charge in [-0.2, -0.15) is 0 Å². The van der Waals surface area contributed by atoms with Crippen LogP contribution in [0.1, 0.15) is 47.6 Å². The third-order valence-electron chi connectivity index (χ3n) is 4.73. The molecule has 7 heteroatoms. The summed E-state index contributed by atoms with van der Waals surface area (Å²) >= 11 is 0. The van der Waals surface area contributed by atoms with Crippen LogP contribution in [0.25, 0.3) is 0 Å². The predicted octanol–water partition coefficient (Wildman–Crippen LogP) is 3.71. The van der Waals surface area contributed by atoms with Crippen molar-refractivity contribution in [3.8, 4) is 11.5 Å². The summed E-state index contributed by atoms with van der Waals surface area (Å²) in [5.41, 5.74) is 0.383. The molecule has 1 aliphatic rings. The summed E-state index contributed by atoms with van der Waals surface area (Å²) in [5.74, 6) is -2.01. The van der Waals surface area contributed by atoms with Gasteiger partial charge in [-0.25, -0.2) is 9.18 Å². The lowest BCUT2D eigenvalue weighted by molar-refractivity contribution is -0.139. The Morgan fingerprint density at radius 2 is 1.93 bits per heavy atom. The second-order valence-electron chi connectivity index (χ2n) is 6.69. The number of halogens is 1. The van der Waals surface area contributed by atoms with Crippen molar-refractivity contribution in [2.75, 3.05) is 7.11 Å². The maximum atomic E-state index is 13.9. The standard InChI is InChI=1S/C21H22FNO5/c1-27-18-10-9-13(12-17(18)22)19(21(25)26)23-20(24)14-5-4-8-16(11-14)28-15-6-2-3-7-15/h4-5,8-12,15,19H,2-3,6-7H2,1H3,(H,23,24)(H,25,26). The van der Waals surface area contributed by atoms with E-state index in [1.165, 1.54) is 19.2 Å². The number of aliphatic carboxylic acids is 1. The molecule has 0 spiro atoms. The molecular formula is C21H22FNO5. The molecule has 0 saturated heterocycles. The first-order chi connectivity index (χ1) is 13.5. The minimum absolute atomic E-state index is 0.00372. The summed E-state index contributed by atoms with van der Waals surface area (Å²) in [6, 6.07) is 8.98. The fraction of sp³-hybridized carbons (Fsp3) is 0.333. The number of hydrogen-bond donors (Lipinski definition) is 2. The number of methoxy groups -OCH3 is 1. The topological polar surface area (TPSA) is 84.9 Å². The second kappa shape index (κ2) is 8.73. The third-order valence-corrected chi connectivity index (χ3v) is 4.73. The van der Waals surface area contributed by atoms with Crippen LogP contribution < -0.4 is 14.8 Å². The molecule has 3 rings (SSSR count). The normalized spacial score (nSPS) is 15.1. The van der Waals surface area contributed by atoms with E-state index in [2.05, 4.69) is 5.32 Å². The van der Waals surface area contributed by atoms with Crippen molar-refractivity contribution in [3.05, 3.63) is 59.4 Å². The van der Waals surface area contributed by atoms with E-state index in [4.69, 9.17) is 9.47 Å². The van der Waals surface area contributed by atoms with Gasteiger partial charge in [0.25, 0.3) is 5.91 Å². The molecule has 0 radical (unpaired) electrons. The third kappa shape index (κ3) is 4.60. The van der Waals surface area contributed by atoms with Gasteiger partial charge in [0.2, 0.25) is 0 Å². The highest BCUT2D eigenvalue weighted by molar-refractivity contribution is 5.97. The molecule has 148 valence electrons. The molecule has 6 nitrogen and oxygen atoms in total. The number of carboxylic acid groups (broad SMARTS) is 1. The molecule has 1 amide bonds. The van der Waals surface area contributed by atoms with E-state index in [1.807, 2.05) is 0 Å². The van der Waals surface area contributed by atoms with Gasteiger partial charge in [0.15, 0.2) is 17.6 Å². The maximum absolute atomic E-state index is 13.9. The Morgan fingerprint density at radius 1 is 1.18 bits per heavy atom. The lowest BCUT2D eigenvalue weighted by Gasteiger charge is -2.17. The van der Waals surface area contributed by atoms with Crippen LogP contribution in [0, 0.1) is 5.82 Å². The van der Waals surface area contributed by atoms with Crippen LogP contribution in [0.2, 0.25) is 0 Å². The van der Waals surface area contributed by atoms with Crippen molar-refractivity contribution in [2.24, 2.45) is 0 Å². The Kier molecular flexibility index (Phi) is 6.13. The van der Waals surface area contributed by atoms with Gasteiger partial charge in [0.1, 0.15) is 5.75 Å². The number of carboxylic acids is 1. The predicted molar refractivity (Wildman–Crippen MR) is 100 cm³/mol. The molecular weight excluding hydrogens is 365 g/mol. The average Bonchev–Trinajstić information content (AvgIpc) is 3.18. The van der Waals surface area contributed by atoms with E-state index in [9.17, 15) is 19.1 Å². The molecule has 28 heavy (non-hydrogen) atoms. The molecule has 1 atom stereocenters. The zero-order valence-corrected chi connectivity index (χ0v) is 15.5. The van der Waals surface area contributed by atoms with Crippen molar-refractivity contribution < 1.29 is 28.6 Å². The molecule has 1 unspecified atom stereocenters. The number of nitrogens with one attached hydrogen (secondary N) is 1. The first kappa shape index (κ1) is 19.7. The van der Waals surface area contributed by atoms with Gasteiger partial charge >= 0.3 is 5.97 Å². The van der Waals surface area contributed by atoms with Crippen molar-refractivity contribution in [1.82, 2.24) is 5.32 Å². The van der Waals surface area contributed by atoms with Gasteiger partial charge in [-0.3, -0.25) is 4.79 Å². The Bertz CT molecular complexity index is 864. The average molecular weight is 387 g/mol. The molecule has 0 aliphatic heterocycles. The Balaban J connectivity index is 1.75. The highest BCUT2D eigenvalue weighted by Crippen LogP contribution is 2.25. The molecule has 0 aromatic heterocycles. The van der Waals surface area contributed by atoms with Gasteiger partial charge in [-0.1, -0.05) is 12.1 Å². The molecule has 2 aromatic carbocycles. The molecule has 0 heterocycles. The van der Waals surface area contributed by atoms with Gasteiger partial charge in [-0.15, -0.1) is 0 Å². The summed E-state index contributed by atoms with van der Waals surface area (Å²) in [5, 5.41) is 11.9. The van der Waals surface area contributed by atoms with Crippen molar-refractivity contribution >= 4 is 11.9 Å². The summed E-state index contributed by atoms with van der Waals surface area (Å²) in [4.78, 5) is 24.2. The highest BCUT2D eigenvalue weighted by atomic mass is 19.1. The second-order valence-corrected chi connectivity index (χ2v) is 6.69. The number of amides is 1. The van der Waals surface area contributed by atoms with Crippen molar-refractivity contribution in [3.63, 3.8) is 0 Å².